The van der Waals surface area contributed by atoms with E-state index in [-0.39, 0.29) is 29.3 Å². The Bertz CT molecular complexity index is 1340. The molecule has 2 heterocycles. The number of rotatable bonds is 14. The van der Waals surface area contributed by atoms with Crippen molar-refractivity contribution in [3.63, 3.8) is 0 Å². The summed E-state index contributed by atoms with van der Waals surface area (Å²) in [6.07, 6.45) is -0.321. The van der Waals surface area contributed by atoms with Crippen molar-refractivity contribution in [2.24, 2.45) is 17.1 Å². The summed E-state index contributed by atoms with van der Waals surface area (Å²) >= 11 is 0. The maximum Gasteiger partial charge on any atom is 0.409 e. The van der Waals surface area contributed by atoms with E-state index in [2.05, 4.69) is 23.9 Å². The van der Waals surface area contributed by atoms with Gasteiger partial charge in [0.1, 0.15) is 17.5 Å². The summed E-state index contributed by atoms with van der Waals surface area (Å²) < 4.78 is 53.0. The highest BCUT2D eigenvalue weighted by Crippen LogP contribution is 2.34. The van der Waals surface area contributed by atoms with Crippen molar-refractivity contribution in [1.29, 1.82) is 0 Å². The number of benzene rings is 2. The monoisotopic (exact) mass is 619 g/mol. The number of methoxy groups -OCH3 is 1. The van der Waals surface area contributed by atoms with Crippen LogP contribution in [0.15, 0.2) is 53.4 Å². The van der Waals surface area contributed by atoms with Crippen LogP contribution in [0.1, 0.15) is 51.2 Å². The van der Waals surface area contributed by atoms with E-state index in [1.54, 1.807) is 43.5 Å². The average Bonchev–Trinajstić information content (AvgIpc) is 3.57. The van der Waals surface area contributed by atoms with Crippen molar-refractivity contribution in [3.8, 4) is 5.75 Å². The first kappa shape index (κ1) is 33.2. The topological polar surface area (TPSA) is 158 Å². The first-order valence-electron chi connectivity index (χ1n) is 14.7. The van der Waals surface area contributed by atoms with Gasteiger partial charge in [-0.3, -0.25) is 5.32 Å². The average molecular weight is 620 g/mol. The molecule has 2 fully saturated rings. The van der Waals surface area contributed by atoms with Crippen LogP contribution < -0.4 is 20.5 Å². The largest absolute Gasteiger partial charge is 0.496 e. The van der Waals surface area contributed by atoms with Gasteiger partial charge in [-0.25, -0.2) is 13.2 Å². The van der Waals surface area contributed by atoms with Crippen LogP contribution >= 0.6 is 0 Å². The van der Waals surface area contributed by atoms with Gasteiger partial charge in [-0.1, -0.05) is 44.2 Å². The number of hydrogen-bond donors (Lipinski definition) is 4. The van der Waals surface area contributed by atoms with Crippen LogP contribution in [0.3, 0.4) is 0 Å². The predicted molar refractivity (Wildman–Crippen MR) is 161 cm³/mol. The van der Waals surface area contributed by atoms with E-state index in [0.717, 1.165) is 18.4 Å². The van der Waals surface area contributed by atoms with E-state index in [1.807, 2.05) is 6.07 Å². The number of alkyl carbamates (subject to hydrolysis) is 1. The van der Waals surface area contributed by atoms with Crippen LogP contribution in [-0.2, 0) is 37.1 Å². The molecule has 0 unspecified atom stereocenters. The molecule has 2 aromatic carbocycles. The van der Waals surface area contributed by atoms with Crippen molar-refractivity contribution in [2.75, 3.05) is 26.9 Å². The number of ether oxygens (including phenoxy) is 4. The number of fused-ring (bicyclic) bond motifs is 1. The van der Waals surface area contributed by atoms with Crippen molar-refractivity contribution in [2.45, 2.75) is 81.9 Å². The molecule has 0 saturated carbocycles. The van der Waals surface area contributed by atoms with Crippen LogP contribution in [-0.4, -0.2) is 70.6 Å². The Hall–Kier alpha value is -2.74. The molecule has 43 heavy (non-hydrogen) atoms. The summed E-state index contributed by atoms with van der Waals surface area (Å²) in [4.78, 5) is 13.3. The number of carbonyl (C=O) groups is 1. The molecule has 11 nitrogen and oxygen atoms in total. The molecule has 12 heteroatoms. The number of sulfonamides is 1. The van der Waals surface area contributed by atoms with Crippen molar-refractivity contribution in [1.82, 2.24) is 10.0 Å². The molecule has 2 aliphatic heterocycles. The Morgan fingerprint density at radius 3 is 2.58 bits per heavy atom. The summed E-state index contributed by atoms with van der Waals surface area (Å²) in [5, 5.41) is 13.8. The lowest BCUT2D eigenvalue weighted by Crippen LogP contribution is -2.68. The fourth-order valence-electron chi connectivity index (χ4n) is 5.80. The molecule has 0 spiro atoms. The van der Waals surface area contributed by atoms with Gasteiger partial charge in [0, 0.05) is 6.42 Å². The van der Waals surface area contributed by atoms with Gasteiger partial charge in [-0.2, -0.15) is 4.72 Å². The number of carbonyl (C=O) groups excluding carboxylic acids is 1. The van der Waals surface area contributed by atoms with E-state index in [0.29, 0.717) is 37.3 Å². The summed E-state index contributed by atoms with van der Waals surface area (Å²) in [5.41, 5.74) is 5.14. The molecule has 0 bridgehead atoms. The number of hydrogen-bond acceptors (Lipinski definition) is 9. The standard InChI is InChI=1S/C31H45N3O8S/c1-21(35)31(18-22-9-6-5-7-10-22,33-29(36)42-27-20-41-28-25(27)13-16-40-28)34-43(37,38)24-11-12-26(39-4)23(17-24)19-30(2,3)14-8-15-32/h5-7,9-12,17,21,25,27-28,34-35H,8,13-16,18-20,32H2,1-4H3,(H,33,36)/t21-,25-,27-,28+,31+/m1/s1. The van der Waals surface area contributed by atoms with Crippen molar-refractivity contribution >= 4 is 16.1 Å². The maximum atomic E-state index is 14.0. The summed E-state index contributed by atoms with van der Waals surface area (Å²) in [5.74, 6) is 0.463. The Morgan fingerprint density at radius 1 is 1.16 bits per heavy atom. The number of aliphatic hydroxyl groups excluding tert-OH is 1. The highest BCUT2D eigenvalue weighted by atomic mass is 32.2. The molecule has 2 aliphatic rings. The van der Waals surface area contributed by atoms with Crippen LogP contribution in [0.5, 0.6) is 5.75 Å². The number of amides is 1. The van der Waals surface area contributed by atoms with Crippen LogP contribution in [0.25, 0.3) is 0 Å². The highest BCUT2D eigenvalue weighted by Gasteiger charge is 2.46. The lowest BCUT2D eigenvalue weighted by Gasteiger charge is -2.38. The zero-order chi connectivity index (χ0) is 31.3. The maximum absolute atomic E-state index is 14.0. The minimum atomic E-state index is -4.29. The highest BCUT2D eigenvalue weighted by molar-refractivity contribution is 7.89. The van der Waals surface area contributed by atoms with E-state index in [1.165, 1.54) is 13.0 Å². The van der Waals surface area contributed by atoms with Crippen molar-refractivity contribution in [3.05, 3.63) is 59.7 Å². The Balaban J connectivity index is 1.64. The van der Waals surface area contributed by atoms with E-state index in [9.17, 15) is 18.3 Å². The fraction of sp³-hybridized carbons (Fsp3) is 0.581. The molecule has 2 saturated heterocycles. The van der Waals surface area contributed by atoms with Gasteiger partial charge in [0.25, 0.3) is 0 Å². The van der Waals surface area contributed by atoms with Crippen LogP contribution in [0.4, 0.5) is 4.79 Å². The molecule has 238 valence electrons. The third-order valence-electron chi connectivity index (χ3n) is 8.21. The van der Waals surface area contributed by atoms with E-state index in [4.69, 9.17) is 24.7 Å². The fourth-order valence-corrected chi connectivity index (χ4v) is 7.24. The van der Waals surface area contributed by atoms with Gasteiger partial charge >= 0.3 is 6.09 Å². The summed E-state index contributed by atoms with van der Waals surface area (Å²) in [7, 11) is -2.75. The lowest BCUT2D eigenvalue weighted by atomic mass is 9.81. The van der Waals surface area contributed by atoms with Crippen LogP contribution in [0.2, 0.25) is 0 Å². The smallest absolute Gasteiger partial charge is 0.409 e. The molecule has 1 amide bonds. The predicted octanol–water partition coefficient (Wildman–Crippen LogP) is 3.09. The molecule has 5 atom stereocenters. The SMILES string of the molecule is COc1ccc(S(=O)(=O)N[C@](Cc2ccccc2)(NC(=O)O[C@@H]2CO[C@@H]3OCC[C@@H]32)[C@@H](C)O)cc1CC(C)(C)CCCN. The Labute approximate surface area is 254 Å². The summed E-state index contributed by atoms with van der Waals surface area (Å²) in [6, 6.07) is 13.6. The molecule has 0 aliphatic carbocycles. The third kappa shape index (κ3) is 8.25. The minimum Gasteiger partial charge on any atom is -0.496 e. The second-order valence-corrected chi connectivity index (χ2v) is 13.9. The quantitative estimate of drug-likeness (QED) is 0.233. The molecule has 4 rings (SSSR count). The normalized spacial score (nSPS) is 22.4. The summed E-state index contributed by atoms with van der Waals surface area (Å²) in [6.45, 7) is 6.88. The Morgan fingerprint density at radius 2 is 1.91 bits per heavy atom. The zero-order valence-electron chi connectivity index (χ0n) is 25.4. The first-order chi connectivity index (χ1) is 20.4. The second kappa shape index (κ2) is 13.9. The van der Waals surface area contributed by atoms with E-state index < -0.39 is 40.3 Å². The molecular weight excluding hydrogens is 574 g/mol. The molecular formula is C31H45N3O8S. The Kier molecular flexibility index (Phi) is 10.7. The third-order valence-corrected chi connectivity index (χ3v) is 9.72. The molecule has 0 aromatic heterocycles. The number of aliphatic hydroxyl groups is 1. The molecule has 5 N–H and O–H groups in total. The van der Waals surface area contributed by atoms with Gasteiger partial charge in [0.05, 0.1) is 37.2 Å². The van der Waals surface area contributed by atoms with Crippen molar-refractivity contribution < 1.29 is 37.3 Å². The molecule has 0 radical (unpaired) electrons. The zero-order valence-corrected chi connectivity index (χ0v) is 26.2. The van der Waals surface area contributed by atoms with Gasteiger partial charge in [-0.05, 0) is 73.9 Å². The van der Waals surface area contributed by atoms with Gasteiger partial charge < -0.3 is 29.8 Å². The van der Waals surface area contributed by atoms with Crippen LogP contribution in [0, 0.1) is 11.3 Å². The minimum absolute atomic E-state index is 0.0266. The van der Waals surface area contributed by atoms with E-state index >= 15 is 0 Å². The molecule has 2 aromatic rings. The van der Waals surface area contributed by atoms with Gasteiger partial charge in [-0.15, -0.1) is 0 Å². The number of nitrogens with one attached hydrogen (secondary N) is 2. The lowest BCUT2D eigenvalue weighted by molar-refractivity contribution is -0.0907. The number of nitrogens with two attached hydrogens (primary N) is 1. The second-order valence-electron chi connectivity index (χ2n) is 12.2. The van der Waals surface area contributed by atoms with Gasteiger partial charge in [0.2, 0.25) is 10.0 Å². The van der Waals surface area contributed by atoms with Gasteiger partial charge in [0.15, 0.2) is 6.29 Å². The first-order valence-corrected chi connectivity index (χ1v) is 16.2.